The second-order valence-electron chi connectivity index (χ2n) is 9.95. The first-order valence-electron chi connectivity index (χ1n) is 14.8. The highest BCUT2D eigenvalue weighted by Crippen LogP contribution is 2.52. The second-order valence-corrected chi connectivity index (χ2v) is 9.95. The summed E-state index contributed by atoms with van der Waals surface area (Å²) in [5, 5.41) is 0. The Hall–Kier alpha value is -4.52. The van der Waals surface area contributed by atoms with Crippen LogP contribution in [0, 0.1) is 0 Å². The number of cyclic esters (lactones) is 1. The van der Waals surface area contributed by atoms with Gasteiger partial charge in [-0.2, -0.15) is 0 Å². The van der Waals surface area contributed by atoms with E-state index in [1.807, 2.05) is 56.3 Å². The Morgan fingerprint density at radius 1 is 0.714 bits per heavy atom. The van der Waals surface area contributed by atoms with Gasteiger partial charge in [-0.05, 0) is 83.1 Å². The molecule has 0 spiro atoms. The number of nitrogens with zero attached hydrogens (tertiary/aromatic N) is 3. The Morgan fingerprint density at radius 3 is 1.93 bits per heavy atom. The van der Waals surface area contributed by atoms with Crippen molar-refractivity contribution in [1.82, 2.24) is 4.98 Å². The highest BCUT2D eigenvalue weighted by Gasteiger charge is 2.53. The van der Waals surface area contributed by atoms with Crippen LogP contribution in [0.5, 0.6) is 11.5 Å². The van der Waals surface area contributed by atoms with Crippen molar-refractivity contribution in [3.05, 3.63) is 107 Å². The number of aromatic nitrogens is 1. The maximum atomic E-state index is 13.5. The highest BCUT2D eigenvalue weighted by atomic mass is 16.6. The zero-order valence-electron chi connectivity index (χ0n) is 25.1. The van der Waals surface area contributed by atoms with Crippen molar-refractivity contribution in [2.75, 3.05) is 42.6 Å². The van der Waals surface area contributed by atoms with Crippen LogP contribution in [0.1, 0.15) is 61.8 Å². The minimum Gasteiger partial charge on any atom is -0.493 e. The predicted molar refractivity (Wildman–Crippen MR) is 167 cm³/mol. The largest absolute Gasteiger partial charge is 0.493 e. The van der Waals surface area contributed by atoms with E-state index >= 15 is 0 Å². The molecular weight excluding hydrogens is 526 g/mol. The summed E-state index contributed by atoms with van der Waals surface area (Å²) in [6.45, 7) is 13.7. The number of pyridine rings is 1. The van der Waals surface area contributed by atoms with Gasteiger partial charge in [0.1, 0.15) is 17.2 Å². The van der Waals surface area contributed by atoms with E-state index in [1.54, 1.807) is 18.3 Å². The molecule has 1 aliphatic heterocycles. The van der Waals surface area contributed by atoms with Gasteiger partial charge in [-0.15, -0.1) is 0 Å². The molecule has 2 heterocycles. The van der Waals surface area contributed by atoms with Gasteiger partial charge in [-0.1, -0.05) is 18.2 Å². The number of carbonyl (C=O) groups is 1. The Kier molecular flexibility index (Phi) is 8.67. The number of benzene rings is 3. The molecule has 3 aromatic carbocycles. The molecule has 42 heavy (non-hydrogen) atoms. The zero-order valence-corrected chi connectivity index (χ0v) is 25.1. The summed E-state index contributed by atoms with van der Waals surface area (Å²) in [5.41, 5.74) is 4.07. The lowest BCUT2D eigenvalue weighted by molar-refractivity contribution is 0.0228. The molecule has 0 aliphatic carbocycles. The van der Waals surface area contributed by atoms with Crippen molar-refractivity contribution >= 4 is 23.0 Å². The van der Waals surface area contributed by atoms with Gasteiger partial charge in [0.2, 0.25) is 5.60 Å². The van der Waals surface area contributed by atoms with E-state index in [2.05, 4.69) is 54.8 Å². The third-order valence-electron chi connectivity index (χ3n) is 7.72. The topological polar surface area (TPSA) is 64.1 Å². The van der Waals surface area contributed by atoms with Crippen molar-refractivity contribution in [2.24, 2.45) is 0 Å². The van der Waals surface area contributed by atoms with Crippen LogP contribution in [0.2, 0.25) is 0 Å². The lowest BCUT2D eigenvalue weighted by Gasteiger charge is -2.33. The molecule has 0 radical (unpaired) electrons. The van der Waals surface area contributed by atoms with E-state index in [0.29, 0.717) is 47.1 Å². The summed E-state index contributed by atoms with van der Waals surface area (Å²) in [5.74, 6) is 0.824. The SMILES string of the molecule is CCOc1cc(N(CC)CC)ccc1C1(c2ccc(N(CC)c3ccccc3)cc2OCC)OC(=O)c2cccnc21. The molecule has 5 rings (SSSR count). The first kappa shape index (κ1) is 29.0. The number of fused-ring (bicyclic) bond motifs is 1. The molecule has 0 N–H and O–H groups in total. The minimum absolute atomic E-state index is 0.429. The second kappa shape index (κ2) is 12.6. The first-order chi connectivity index (χ1) is 20.5. The summed E-state index contributed by atoms with van der Waals surface area (Å²) in [6.07, 6.45) is 1.70. The fourth-order valence-corrected chi connectivity index (χ4v) is 5.83. The average molecular weight is 566 g/mol. The van der Waals surface area contributed by atoms with Crippen molar-refractivity contribution in [1.29, 1.82) is 0 Å². The maximum absolute atomic E-state index is 13.5. The molecule has 1 aliphatic rings. The van der Waals surface area contributed by atoms with Crippen LogP contribution in [-0.2, 0) is 10.3 Å². The Morgan fingerprint density at radius 2 is 1.33 bits per heavy atom. The van der Waals surface area contributed by atoms with Gasteiger partial charge in [0.15, 0.2) is 0 Å². The smallest absolute Gasteiger partial charge is 0.341 e. The molecule has 0 saturated heterocycles. The monoisotopic (exact) mass is 565 g/mol. The summed E-state index contributed by atoms with van der Waals surface area (Å²) in [4.78, 5) is 22.7. The van der Waals surface area contributed by atoms with E-state index in [-0.39, 0.29) is 0 Å². The third kappa shape index (κ3) is 5.04. The molecule has 0 bridgehead atoms. The number of anilines is 3. The summed E-state index contributed by atoms with van der Waals surface area (Å²) in [7, 11) is 0. The molecule has 1 atom stereocenters. The van der Waals surface area contributed by atoms with Gasteiger partial charge in [-0.25, -0.2) is 4.79 Å². The van der Waals surface area contributed by atoms with Crippen LogP contribution in [0.4, 0.5) is 17.1 Å². The van der Waals surface area contributed by atoms with E-state index in [9.17, 15) is 4.79 Å². The Bertz CT molecular complexity index is 1540. The molecular formula is C35H39N3O4. The molecule has 4 aromatic rings. The van der Waals surface area contributed by atoms with E-state index < -0.39 is 11.6 Å². The zero-order chi connectivity index (χ0) is 29.7. The minimum atomic E-state index is -1.37. The van der Waals surface area contributed by atoms with Crippen LogP contribution in [-0.4, -0.2) is 43.8 Å². The van der Waals surface area contributed by atoms with Gasteiger partial charge in [0, 0.05) is 66.2 Å². The average Bonchev–Trinajstić information content (AvgIpc) is 3.32. The lowest BCUT2D eigenvalue weighted by atomic mass is 9.81. The number of hydrogen-bond acceptors (Lipinski definition) is 7. The fourth-order valence-electron chi connectivity index (χ4n) is 5.83. The van der Waals surface area contributed by atoms with Gasteiger partial charge in [0.05, 0.1) is 18.8 Å². The molecule has 7 heteroatoms. The van der Waals surface area contributed by atoms with Crippen molar-refractivity contribution in [3.8, 4) is 11.5 Å². The number of hydrogen-bond donors (Lipinski definition) is 0. The number of carbonyl (C=O) groups excluding carboxylic acids is 1. The van der Waals surface area contributed by atoms with Gasteiger partial charge in [0.25, 0.3) is 0 Å². The number of esters is 1. The molecule has 1 unspecified atom stereocenters. The van der Waals surface area contributed by atoms with Gasteiger partial charge < -0.3 is 24.0 Å². The van der Waals surface area contributed by atoms with Gasteiger partial charge in [-0.3, -0.25) is 4.98 Å². The fraction of sp³-hybridized carbons (Fsp3) is 0.314. The lowest BCUT2D eigenvalue weighted by Crippen LogP contribution is -2.32. The predicted octanol–water partition coefficient (Wildman–Crippen LogP) is 7.35. The summed E-state index contributed by atoms with van der Waals surface area (Å²) >= 11 is 0. The van der Waals surface area contributed by atoms with E-state index in [1.165, 1.54) is 0 Å². The van der Waals surface area contributed by atoms with Crippen molar-refractivity contribution in [2.45, 2.75) is 40.2 Å². The van der Waals surface area contributed by atoms with Crippen LogP contribution in [0.15, 0.2) is 85.1 Å². The van der Waals surface area contributed by atoms with Crippen molar-refractivity contribution < 1.29 is 19.0 Å². The van der Waals surface area contributed by atoms with Crippen LogP contribution >= 0.6 is 0 Å². The number of para-hydroxylation sites is 1. The van der Waals surface area contributed by atoms with Gasteiger partial charge >= 0.3 is 5.97 Å². The number of ether oxygens (including phenoxy) is 3. The quantitative estimate of drug-likeness (QED) is 0.167. The third-order valence-corrected chi connectivity index (χ3v) is 7.72. The van der Waals surface area contributed by atoms with Crippen LogP contribution in [0.3, 0.4) is 0 Å². The highest BCUT2D eigenvalue weighted by molar-refractivity contribution is 5.96. The van der Waals surface area contributed by atoms with E-state index in [4.69, 9.17) is 19.2 Å². The maximum Gasteiger partial charge on any atom is 0.341 e. The molecule has 0 saturated carbocycles. The molecule has 0 fully saturated rings. The molecule has 7 nitrogen and oxygen atoms in total. The molecule has 218 valence electrons. The molecule has 1 aromatic heterocycles. The number of rotatable bonds is 12. The van der Waals surface area contributed by atoms with E-state index in [0.717, 1.165) is 36.7 Å². The summed E-state index contributed by atoms with van der Waals surface area (Å²) < 4.78 is 19.0. The Labute approximate surface area is 248 Å². The summed E-state index contributed by atoms with van der Waals surface area (Å²) in [6, 6.07) is 25.9. The Balaban J connectivity index is 1.77. The first-order valence-corrected chi connectivity index (χ1v) is 14.8. The van der Waals surface area contributed by atoms with Crippen LogP contribution in [0.25, 0.3) is 0 Å². The normalized spacial score (nSPS) is 15.6. The molecule has 0 amide bonds. The van der Waals surface area contributed by atoms with Crippen LogP contribution < -0.4 is 19.3 Å². The van der Waals surface area contributed by atoms with Crippen molar-refractivity contribution in [3.63, 3.8) is 0 Å². The standard InChI is InChI=1S/C35H39N3O4/c1-6-37(7-2)26-18-20-29(31(23-26)40-9-4)35(33-28(34(39)42-35)17-14-22-36-33)30-21-19-27(24-32(30)41-10-5)38(8-3)25-15-12-11-13-16-25/h11-24H,6-10H2,1-5H3.